The summed E-state index contributed by atoms with van der Waals surface area (Å²) < 4.78 is 41.0. The number of ketones is 1. The number of amides is 5. The molecule has 1 saturated heterocycles. The van der Waals surface area contributed by atoms with Crippen LogP contribution >= 0.6 is 0 Å². The van der Waals surface area contributed by atoms with E-state index in [2.05, 4.69) is 21.3 Å². The van der Waals surface area contributed by atoms with Gasteiger partial charge in [0.05, 0.1) is 28.8 Å². The van der Waals surface area contributed by atoms with Crippen LogP contribution in [0.3, 0.4) is 0 Å². The average molecular weight is 778 g/mol. The highest BCUT2D eigenvalue weighted by Gasteiger charge is 2.72. The van der Waals surface area contributed by atoms with Crippen LogP contribution in [0.1, 0.15) is 137 Å². The number of urea groups is 1. The van der Waals surface area contributed by atoms with Crippen LogP contribution in [0, 0.1) is 28.6 Å². The number of rotatable bonds is 16. The number of sulfone groups is 1. The SMILES string of the molecule is CCC(C)(C)S(=O)(=O)CC1(NC(=O)N[C@H](C(=O)N2C[C@H]3[C@@H]([C@H]2C(=O)NC(CC2CC2)C(=O)C(=O)NC2CC2)[C@]3(C)CF)C2(C)CCCCC2)CCCCC1. The first-order valence-corrected chi connectivity index (χ1v) is 22.4. The Bertz CT molecular complexity index is 1580. The molecule has 4 N–H and O–H groups in total. The molecular formula is C40H64FN5O7S. The summed E-state index contributed by atoms with van der Waals surface area (Å²) in [6.45, 7) is 8.51. The summed E-state index contributed by atoms with van der Waals surface area (Å²) in [5, 5.41) is 11.7. The quantitative estimate of drug-likeness (QED) is 0.167. The molecule has 6 atom stereocenters. The third kappa shape index (κ3) is 8.33. The van der Waals surface area contributed by atoms with E-state index in [-0.39, 0.29) is 30.2 Å². The number of piperidine rings is 1. The predicted octanol–water partition coefficient (Wildman–Crippen LogP) is 4.50. The molecule has 1 heterocycles. The first-order chi connectivity index (χ1) is 25.4. The Morgan fingerprint density at radius 3 is 2.06 bits per heavy atom. The first-order valence-electron chi connectivity index (χ1n) is 20.7. The monoisotopic (exact) mass is 777 g/mol. The maximum Gasteiger partial charge on any atom is 0.315 e. The van der Waals surface area contributed by atoms with E-state index in [0.29, 0.717) is 38.5 Å². The highest BCUT2D eigenvalue weighted by molar-refractivity contribution is 7.92. The van der Waals surface area contributed by atoms with Gasteiger partial charge in [-0.1, -0.05) is 72.1 Å². The van der Waals surface area contributed by atoms with E-state index in [1.807, 2.05) is 13.8 Å². The van der Waals surface area contributed by atoms with Crippen LogP contribution in [0.2, 0.25) is 0 Å². The second kappa shape index (κ2) is 15.3. The second-order valence-corrected chi connectivity index (χ2v) is 21.6. The Kier molecular flexibility index (Phi) is 11.6. The number of carbonyl (C=O) groups is 5. The number of hydrogen-bond donors (Lipinski definition) is 4. The van der Waals surface area contributed by atoms with Gasteiger partial charge in [-0.25, -0.2) is 13.2 Å². The minimum absolute atomic E-state index is 0.0254. The van der Waals surface area contributed by atoms with Gasteiger partial charge >= 0.3 is 6.03 Å². The Morgan fingerprint density at radius 2 is 1.50 bits per heavy atom. The molecular weight excluding hydrogens is 714 g/mol. The van der Waals surface area contributed by atoms with Crippen molar-refractivity contribution >= 4 is 39.4 Å². The van der Waals surface area contributed by atoms with Gasteiger partial charge in [-0.05, 0) is 82.5 Å². The van der Waals surface area contributed by atoms with Crippen LogP contribution in [-0.4, -0.2) is 96.3 Å². The molecule has 304 valence electrons. The molecule has 54 heavy (non-hydrogen) atoms. The van der Waals surface area contributed by atoms with Crippen molar-refractivity contribution in [2.45, 2.75) is 172 Å². The zero-order chi connectivity index (χ0) is 39.3. The largest absolute Gasteiger partial charge is 0.347 e. The number of hydrogen-bond acceptors (Lipinski definition) is 7. The van der Waals surface area contributed by atoms with E-state index in [4.69, 9.17) is 0 Å². The summed E-state index contributed by atoms with van der Waals surface area (Å²) in [5.41, 5.74) is -2.44. The fourth-order valence-electron chi connectivity index (χ4n) is 9.73. The Labute approximate surface area is 320 Å². The number of nitrogens with one attached hydrogen (secondary N) is 4. The summed E-state index contributed by atoms with van der Waals surface area (Å²) in [6, 6.07) is -3.79. The molecule has 6 rings (SSSR count). The minimum atomic E-state index is -3.61. The number of likely N-dealkylation sites (tertiary alicyclic amines) is 1. The number of carbonyl (C=O) groups excluding carboxylic acids is 5. The van der Waals surface area contributed by atoms with Gasteiger partial charge in [-0.3, -0.25) is 23.6 Å². The van der Waals surface area contributed by atoms with Crippen molar-refractivity contribution in [3.05, 3.63) is 0 Å². The topological polar surface area (TPSA) is 171 Å². The van der Waals surface area contributed by atoms with Crippen LogP contribution in [0.15, 0.2) is 0 Å². The fraction of sp³-hybridized carbons (Fsp3) is 0.875. The van der Waals surface area contributed by atoms with E-state index >= 15 is 0 Å². The standard InChI is InChI=1S/C40H64FN5O7S/c1-6-37(2,3)54(52,53)24-40(19-11-8-12-20-40)45-36(51)44-32(38(4)17-9-7-10-18-38)35(50)46-22-27-29(39(27,5)23-41)30(46)33(48)43-28(21-25-13-14-25)31(47)34(49)42-26-15-16-26/h25-30,32H,6-24H2,1-5H3,(H,42,49)(H,43,48)(H2,44,45,51)/t27-,28?,29-,30-,32+,39+/m0/s1. The van der Waals surface area contributed by atoms with Crippen molar-refractivity contribution < 1.29 is 36.8 Å². The van der Waals surface area contributed by atoms with Crippen LogP contribution in [0.5, 0.6) is 0 Å². The molecule has 1 aliphatic heterocycles. The average Bonchev–Trinajstić information content (AvgIpc) is 4.09. The smallest absolute Gasteiger partial charge is 0.315 e. The molecule has 0 bridgehead atoms. The van der Waals surface area contributed by atoms with Gasteiger partial charge in [0.2, 0.25) is 17.6 Å². The zero-order valence-corrected chi connectivity index (χ0v) is 33.9. The van der Waals surface area contributed by atoms with Crippen LogP contribution in [0.4, 0.5) is 9.18 Å². The van der Waals surface area contributed by atoms with Gasteiger partial charge in [0.1, 0.15) is 12.1 Å². The molecule has 14 heteroatoms. The first kappa shape index (κ1) is 40.9. The van der Waals surface area contributed by atoms with Crippen molar-refractivity contribution in [3.63, 3.8) is 0 Å². The third-order valence-electron chi connectivity index (χ3n) is 14.4. The lowest BCUT2D eigenvalue weighted by Gasteiger charge is -2.44. The van der Waals surface area contributed by atoms with Crippen LogP contribution < -0.4 is 21.3 Å². The lowest BCUT2D eigenvalue weighted by molar-refractivity contribution is -0.146. The van der Waals surface area contributed by atoms with Crippen molar-refractivity contribution in [3.8, 4) is 0 Å². The lowest BCUT2D eigenvalue weighted by Crippen LogP contribution is -2.65. The van der Waals surface area contributed by atoms with Crippen molar-refractivity contribution in [2.24, 2.45) is 28.6 Å². The molecule has 0 aromatic heterocycles. The molecule has 5 aliphatic carbocycles. The predicted molar refractivity (Wildman–Crippen MR) is 203 cm³/mol. The molecule has 6 aliphatic rings. The second-order valence-electron chi connectivity index (χ2n) is 19.0. The summed E-state index contributed by atoms with van der Waals surface area (Å²) in [7, 11) is -3.61. The normalized spacial score (nSPS) is 30.0. The Balaban J connectivity index is 1.25. The maximum atomic E-state index is 15.0. The molecule has 6 fully saturated rings. The third-order valence-corrected chi connectivity index (χ3v) is 17.3. The molecule has 5 amide bonds. The highest BCUT2D eigenvalue weighted by Crippen LogP contribution is 2.65. The Hall–Kier alpha value is -2.77. The molecule has 0 spiro atoms. The number of halogens is 1. The van der Waals surface area contributed by atoms with Crippen molar-refractivity contribution in [1.82, 2.24) is 26.2 Å². The lowest BCUT2D eigenvalue weighted by atomic mass is 9.70. The number of fused-ring (bicyclic) bond motifs is 1. The summed E-state index contributed by atoms with van der Waals surface area (Å²) in [6.07, 6.45) is 11.8. The molecule has 1 unspecified atom stereocenters. The van der Waals surface area contributed by atoms with Gasteiger partial charge in [-0.2, -0.15) is 0 Å². The van der Waals surface area contributed by atoms with E-state index in [1.165, 1.54) is 4.90 Å². The van der Waals surface area contributed by atoms with E-state index < -0.39 is 91.2 Å². The molecule has 0 aromatic carbocycles. The van der Waals surface area contributed by atoms with Crippen LogP contribution in [0.25, 0.3) is 0 Å². The van der Waals surface area contributed by atoms with E-state index in [1.54, 1.807) is 20.8 Å². The number of alkyl halides is 1. The summed E-state index contributed by atoms with van der Waals surface area (Å²) >= 11 is 0. The number of Topliss-reactive ketones (excluding diaryl/α,β-unsaturated/α-hetero) is 1. The summed E-state index contributed by atoms with van der Waals surface area (Å²) in [5.74, 6) is -3.16. The van der Waals surface area contributed by atoms with Crippen molar-refractivity contribution in [1.29, 1.82) is 0 Å². The molecule has 5 saturated carbocycles. The van der Waals surface area contributed by atoms with Gasteiger partial charge in [-0.15, -0.1) is 0 Å². The highest BCUT2D eigenvalue weighted by atomic mass is 32.2. The van der Waals surface area contributed by atoms with Gasteiger partial charge in [0.25, 0.3) is 5.91 Å². The van der Waals surface area contributed by atoms with Gasteiger partial charge in [0.15, 0.2) is 9.84 Å². The minimum Gasteiger partial charge on any atom is -0.347 e. The number of nitrogens with zero attached hydrogens (tertiary/aromatic N) is 1. The molecule has 0 radical (unpaired) electrons. The Morgan fingerprint density at radius 1 is 0.889 bits per heavy atom. The van der Waals surface area contributed by atoms with Crippen molar-refractivity contribution in [2.75, 3.05) is 19.0 Å². The van der Waals surface area contributed by atoms with E-state index in [9.17, 15) is 36.8 Å². The zero-order valence-electron chi connectivity index (χ0n) is 33.1. The fourth-order valence-corrected chi connectivity index (χ4v) is 11.6. The summed E-state index contributed by atoms with van der Waals surface area (Å²) in [4.78, 5) is 71.2. The molecule has 12 nitrogen and oxygen atoms in total. The maximum absolute atomic E-state index is 15.0. The van der Waals surface area contributed by atoms with Gasteiger partial charge in [0, 0.05) is 23.9 Å². The van der Waals surface area contributed by atoms with Gasteiger partial charge < -0.3 is 26.2 Å². The van der Waals surface area contributed by atoms with E-state index in [0.717, 1.165) is 64.2 Å². The van der Waals surface area contributed by atoms with Crippen LogP contribution in [-0.2, 0) is 29.0 Å². The molecule has 0 aromatic rings.